The average molecular weight is 282 g/mol. The number of rotatable bonds is 5. The van der Waals surface area contributed by atoms with Gasteiger partial charge in [0.05, 0.1) is 11.4 Å². The second-order valence-electron chi connectivity index (χ2n) is 5.03. The molecule has 0 aliphatic rings. The molecule has 0 aliphatic carbocycles. The number of nitrogens with zero attached hydrogens (tertiary/aromatic N) is 1. The maximum Gasteiger partial charge on any atom is 0.251 e. The van der Waals surface area contributed by atoms with Crippen molar-refractivity contribution in [1.82, 2.24) is 20.5 Å². The van der Waals surface area contributed by atoms with Gasteiger partial charge in [0.25, 0.3) is 5.91 Å². The summed E-state index contributed by atoms with van der Waals surface area (Å²) in [5.74, 6) is -0.0239. The van der Waals surface area contributed by atoms with Gasteiger partial charge in [0, 0.05) is 29.2 Å². The number of fused-ring (bicyclic) bond motifs is 1. The van der Waals surface area contributed by atoms with Crippen LogP contribution in [-0.2, 0) is 0 Å². The maximum absolute atomic E-state index is 12.3. The molecule has 0 bridgehead atoms. The van der Waals surface area contributed by atoms with Crippen molar-refractivity contribution in [2.24, 2.45) is 0 Å². The first-order chi connectivity index (χ1) is 10.3. The summed E-state index contributed by atoms with van der Waals surface area (Å²) < 4.78 is 0. The van der Waals surface area contributed by atoms with Crippen molar-refractivity contribution in [2.75, 3.05) is 6.54 Å². The Bertz CT molecular complexity index is 743. The normalized spacial score (nSPS) is 10.9. The van der Waals surface area contributed by atoms with Gasteiger partial charge in [-0.05, 0) is 30.7 Å². The molecule has 0 radical (unpaired) electrons. The number of carbonyl (C=O) groups is 1. The Morgan fingerprint density at radius 1 is 1.29 bits per heavy atom. The molecule has 0 unspecified atom stereocenters. The number of benzene rings is 1. The van der Waals surface area contributed by atoms with Crippen LogP contribution in [0.25, 0.3) is 22.3 Å². The summed E-state index contributed by atoms with van der Waals surface area (Å²) in [5, 5.41) is 10.8. The lowest BCUT2D eigenvalue weighted by Gasteiger charge is -2.05. The van der Waals surface area contributed by atoms with Crippen LogP contribution in [0.1, 0.15) is 30.1 Å². The van der Waals surface area contributed by atoms with E-state index in [-0.39, 0.29) is 5.91 Å². The molecule has 0 spiro atoms. The first-order valence-corrected chi connectivity index (χ1v) is 7.19. The second-order valence-corrected chi connectivity index (χ2v) is 5.03. The highest BCUT2D eigenvalue weighted by Gasteiger charge is 2.12. The minimum Gasteiger partial charge on any atom is -0.353 e. The summed E-state index contributed by atoms with van der Waals surface area (Å²) in [5.41, 5.74) is 3.48. The number of aromatic amines is 2. The number of H-pyrrole nitrogens is 2. The zero-order valence-electron chi connectivity index (χ0n) is 11.9. The summed E-state index contributed by atoms with van der Waals surface area (Å²) in [6.07, 6.45) is 3.77. The summed E-state index contributed by atoms with van der Waals surface area (Å²) >= 11 is 0. The van der Waals surface area contributed by atoms with E-state index in [0.717, 1.165) is 35.1 Å². The molecule has 5 nitrogen and oxygen atoms in total. The number of amides is 1. The molecule has 3 rings (SSSR count). The molecule has 2 heterocycles. The predicted octanol–water partition coefficient (Wildman–Crippen LogP) is 3.09. The van der Waals surface area contributed by atoms with Gasteiger partial charge in [0.2, 0.25) is 0 Å². The lowest BCUT2D eigenvalue weighted by Crippen LogP contribution is -2.24. The molecule has 1 amide bonds. The first kappa shape index (κ1) is 13.4. The second kappa shape index (κ2) is 5.83. The fourth-order valence-electron chi connectivity index (χ4n) is 2.38. The minimum absolute atomic E-state index is 0.0239. The van der Waals surface area contributed by atoms with Gasteiger partial charge in [0.1, 0.15) is 0 Å². The molecular formula is C16H18N4O. The summed E-state index contributed by atoms with van der Waals surface area (Å²) in [7, 11) is 0. The lowest BCUT2D eigenvalue weighted by molar-refractivity contribution is 0.0955. The monoisotopic (exact) mass is 282 g/mol. The zero-order valence-corrected chi connectivity index (χ0v) is 11.9. The Kier molecular flexibility index (Phi) is 3.73. The van der Waals surface area contributed by atoms with Crippen molar-refractivity contribution in [3.63, 3.8) is 0 Å². The Morgan fingerprint density at radius 3 is 2.95 bits per heavy atom. The third-order valence-corrected chi connectivity index (χ3v) is 3.52. The van der Waals surface area contributed by atoms with E-state index < -0.39 is 0 Å². The molecule has 21 heavy (non-hydrogen) atoms. The summed E-state index contributed by atoms with van der Waals surface area (Å²) in [6.45, 7) is 2.82. The van der Waals surface area contributed by atoms with Crippen molar-refractivity contribution in [2.45, 2.75) is 19.8 Å². The molecule has 3 aromatic rings. The molecule has 2 aromatic heterocycles. The van der Waals surface area contributed by atoms with Crippen LogP contribution in [0.4, 0.5) is 0 Å². The maximum atomic E-state index is 12.3. The third-order valence-electron chi connectivity index (χ3n) is 3.52. The quantitative estimate of drug-likeness (QED) is 0.629. The highest BCUT2D eigenvalue weighted by Crippen LogP contribution is 2.25. The van der Waals surface area contributed by atoms with E-state index in [4.69, 9.17) is 0 Å². The van der Waals surface area contributed by atoms with Gasteiger partial charge >= 0.3 is 0 Å². The summed E-state index contributed by atoms with van der Waals surface area (Å²) in [6, 6.07) is 9.60. The number of aromatic nitrogens is 3. The van der Waals surface area contributed by atoms with Gasteiger partial charge in [-0.1, -0.05) is 19.4 Å². The predicted molar refractivity (Wildman–Crippen MR) is 83.1 cm³/mol. The van der Waals surface area contributed by atoms with Gasteiger partial charge in [-0.15, -0.1) is 0 Å². The first-order valence-electron chi connectivity index (χ1n) is 7.19. The van der Waals surface area contributed by atoms with Crippen LogP contribution in [0.3, 0.4) is 0 Å². The molecule has 108 valence electrons. The molecule has 0 fully saturated rings. The van der Waals surface area contributed by atoms with Gasteiger partial charge < -0.3 is 10.3 Å². The SMILES string of the molecule is CCCCNC(=O)c1cccc2[nH]c(-c3ccn[nH]3)cc12. The highest BCUT2D eigenvalue weighted by atomic mass is 16.1. The lowest BCUT2D eigenvalue weighted by atomic mass is 10.1. The van der Waals surface area contributed by atoms with Crippen molar-refractivity contribution < 1.29 is 4.79 Å². The van der Waals surface area contributed by atoms with Gasteiger partial charge in [-0.3, -0.25) is 9.89 Å². The van der Waals surface area contributed by atoms with Crippen LogP contribution >= 0.6 is 0 Å². The third kappa shape index (κ3) is 2.67. The number of carbonyl (C=O) groups excluding carboxylic acids is 1. The number of hydrogen-bond donors (Lipinski definition) is 3. The fraction of sp³-hybridized carbons (Fsp3) is 0.250. The van der Waals surface area contributed by atoms with Crippen molar-refractivity contribution in [1.29, 1.82) is 0 Å². The van der Waals surface area contributed by atoms with Gasteiger partial charge in [-0.2, -0.15) is 5.10 Å². The van der Waals surface area contributed by atoms with Crippen LogP contribution in [-0.4, -0.2) is 27.6 Å². The summed E-state index contributed by atoms with van der Waals surface area (Å²) in [4.78, 5) is 15.6. The Balaban J connectivity index is 1.94. The molecule has 0 aliphatic heterocycles. The Hall–Kier alpha value is -2.56. The largest absolute Gasteiger partial charge is 0.353 e. The van der Waals surface area contributed by atoms with Crippen molar-refractivity contribution >= 4 is 16.8 Å². The van der Waals surface area contributed by atoms with E-state index in [1.807, 2.05) is 30.3 Å². The van der Waals surface area contributed by atoms with Crippen LogP contribution in [0.15, 0.2) is 36.5 Å². The van der Waals surface area contributed by atoms with Crippen LogP contribution in [0.5, 0.6) is 0 Å². The van der Waals surface area contributed by atoms with Crippen molar-refractivity contribution in [3.8, 4) is 11.4 Å². The van der Waals surface area contributed by atoms with E-state index in [0.29, 0.717) is 12.1 Å². The minimum atomic E-state index is -0.0239. The van der Waals surface area contributed by atoms with E-state index in [1.54, 1.807) is 6.20 Å². The molecule has 3 N–H and O–H groups in total. The van der Waals surface area contributed by atoms with Crippen LogP contribution in [0.2, 0.25) is 0 Å². The van der Waals surface area contributed by atoms with E-state index >= 15 is 0 Å². The van der Waals surface area contributed by atoms with Crippen LogP contribution < -0.4 is 5.32 Å². The average Bonchev–Trinajstić information content (AvgIpc) is 3.15. The molecule has 0 saturated carbocycles. The van der Waals surface area contributed by atoms with E-state index in [9.17, 15) is 4.79 Å². The smallest absolute Gasteiger partial charge is 0.251 e. The standard InChI is InChI=1S/C16H18N4O/c1-2-3-8-17-16(21)11-5-4-6-13-12(11)10-15(19-13)14-7-9-18-20-14/h4-7,9-10,19H,2-3,8H2,1H3,(H,17,21)(H,18,20). The van der Waals surface area contributed by atoms with Crippen LogP contribution in [0, 0.1) is 0 Å². The Morgan fingerprint density at radius 2 is 2.19 bits per heavy atom. The number of hydrogen-bond acceptors (Lipinski definition) is 2. The molecular weight excluding hydrogens is 264 g/mol. The molecule has 1 aromatic carbocycles. The topological polar surface area (TPSA) is 73.6 Å². The van der Waals surface area contributed by atoms with Gasteiger partial charge in [0.15, 0.2) is 0 Å². The number of nitrogens with one attached hydrogen (secondary N) is 3. The molecule has 0 saturated heterocycles. The number of unbranched alkanes of at least 4 members (excludes halogenated alkanes) is 1. The fourth-order valence-corrected chi connectivity index (χ4v) is 2.38. The molecule has 0 atom stereocenters. The van der Waals surface area contributed by atoms with E-state index in [1.165, 1.54) is 0 Å². The Labute approximate surface area is 122 Å². The van der Waals surface area contributed by atoms with Crippen molar-refractivity contribution in [3.05, 3.63) is 42.1 Å². The molecule has 5 heteroatoms. The van der Waals surface area contributed by atoms with E-state index in [2.05, 4.69) is 27.4 Å². The van der Waals surface area contributed by atoms with Gasteiger partial charge in [-0.25, -0.2) is 0 Å². The zero-order chi connectivity index (χ0) is 14.7. The highest BCUT2D eigenvalue weighted by molar-refractivity contribution is 6.07.